The first-order valence-corrected chi connectivity index (χ1v) is 5.65. The van der Waals surface area contributed by atoms with Crippen molar-refractivity contribution in [3.8, 4) is 0 Å². The highest BCUT2D eigenvalue weighted by Gasteiger charge is 2.15. The van der Waals surface area contributed by atoms with Crippen LogP contribution in [0, 0.1) is 0 Å². The second-order valence-electron chi connectivity index (χ2n) is 3.54. The van der Waals surface area contributed by atoms with Gasteiger partial charge in [-0.2, -0.15) is 0 Å². The lowest BCUT2D eigenvalue weighted by atomic mass is 10.1. The van der Waals surface area contributed by atoms with E-state index in [-0.39, 0.29) is 5.78 Å². The molecule has 2 heterocycles. The predicted molar refractivity (Wildman–Crippen MR) is 63.0 cm³/mol. The summed E-state index contributed by atoms with van der Waals surface area (Å²) in [5.41, 5.74) is 0.949. The summed E-state index contributed by atoms with van der Waals surface area (Å²) in [7, 11) is 0. The van der Waals surface area contributed by atoms with Crippen LogP contribution in [0.3, 0.4) is 0 Å². The Kier molecular flexibility index (Phi) is 3.49. The third-order valence-corrected chi connectivity index (χ3v) is 2.50. The van der Waals surface area contributed by atoms with Crippen LogP contribution in [0.15, 0.2) is 24.5 Å². The van der Waals surface area contributed by atoms with E-state index >= 15 is 0 Å². The number of nitrogens with zero attached hydrogens (tertiary/aromatic N) is 4. The van der Waals surface area contributed by atoms with Gasteiger partial charge < -0.3 is 0 Å². The number of aromatic nitrogens is 4. The van der Waals surface area contributed by atoms with Crippen LogP contribution in [0.5, 0.6) is 0 Å². The third-order valence-electron chi connectivity index (χ3n) is 2.28. The summed E-state index contributed by atoms with van der Waals surface area (Å²) in [6.07, 6.45) is 3.81. The van der Waals surface area contributed by atoms with Crippen molar-refractivity contribution in [2.45, 2.75) is 19.9 Å². The van der Waals surface area contributed by atoms with Crippen molar-refractivity contribution >= 4 is 17.4 Å². The molecule has 0 amide bonds. The molecule has 0 aliphatic carbocycles. The molecular formula is C11H11ClN4O. The second kappa shape index (κ2) is 5.05. The van der Waals surface area contributed by atoms with Crippen molar-refractivity contribution in [2.24, 2.45) is 0 Å². The van der Waals surface area contributed by atoms with Crippen molar-refractivity contribution in [1.29, 1.82) is 0 Å². The number of carbonyl (C=O) groups excluding carboxylic acids is 1. The summed E-state index contributed by atoms with van der Waals surface area (Å²) < 4.78 is 1.59. The fraction of sp³-hybridized carbons (Fsp3) is 0.273. The van der Waals surface area contributed by atoms with E-state index in [9.17, 15) is 4.79 Å². The van der Waals surface area contributed by atoms with Crippen LogP contribution < -0.4 is 0 Å². The normalized spacial score (nSPS) is 10.5. The molecule has 0 saturated carbocycles. The van der Waals surface area contributed by atoms with Crippen molar-refractivity contribution in [1.82, 2.24) is 20.0 Å². The monoisotopic (exact) mass is 250 g/mol. The molecule has 17 heavy (non-hydrogen) atoms. The molecule has 0 aromatic carbocycles. The van der Waals surface area contributed by atoms with Gasteiger partial charge in [0.2, 0.25) is 5.78 Å². The minimum absolute atomic E-state index is 0.146. The first-order valence-electron chi connectivity index (χ1n) is 5.27. The van der Waals surface area contributed by atoms with Crippen LogP contribution in [0.25, 0.3) is 0 Å². The fourth-order valence-corrected chi connectivity index (χ4v) is 1.58. The molecular weight excluding hydrogens is 240 g/mol. The summed E-state index contributed by atoms with van der Waals surface area (Å²) in [4.78, 5) is 16.0. The number of aryl methyl sites for hydroxylation is 1. The Labute approximate surface area is 103 Å². The van der Waals surface area contributed by atoms with Gasteiger partial charge in [-0.15, -0.1) is 5.10 Å². The summed E-state index contributed by atoms with van der Waals surface area (Å²) in [5, 5.41) is 7.98. The Hall–Kier alpha value is -1.75. The molecule has 0 saturated heterocycles. The van der Waals surface area contributed by atoms with Gasteiger partial charge in [0.05, 0.1) is 6.20 Å². The quantitative estimate of drug-likeness (QED) is 0.615. The van der Waals surface area contributed by atoms with Gasteiger partial charge in [-0.25, -0.2) is 9.67 Å². The highest BCUT2D eigenvalue weighted by atomic mass is 35.5. The zero-order chi connectivity index (χ0) is 12.3. The average Bonchev–Trinajstić information content (AvgIpc) is 2.78. The van der Waals surface area contributed by atoms with Gasteiger partial charge >= 0.3 is 0 Å². The number of hydrogen-bond acceptors (Lipinski definition) is 4. The highest BCUT2D eigenvalue weighted by Crippen LogP contribution is 2.10. The second-order valence-corrected chi connectivity index (χ2v) is 3.93. The maximum Gasteiger partial charge on any atom is 0.214 e. The molecule has 0 radical (unpaired) electrons. The number of hydrogen-bond donors (Lipinski definition) is 0. The van der Waals surface area contributed by atoms with Gasteiger partial charge in [0.25, 0.3) is 0 Å². The van der Waals surface area contributed by atoms with E-state index in [0.29, 0.717) is 23.0 Å². The maximum atomic E-state index is 12.1. The first kappa shape index (κ1) is 11.7. The fourth-order valence-electron chi connectivity index (χ4n) is 1.47. The van der Waals surface area contributed by atoms with Crippen LogP contribution in [0.2, 0.25) is 5.15 Å². The molecule has 0 unspecified atom stereocenters. The molecule has 0 aliphatic heterocycles. The Morgan fingerprint density at radius 2 is 2.24 bits per heavy atom. The molecule has 88 valence electrons. The number of carbonyl (C=O) groups is 1. The average molecular weight is 251 g/mol. The van der Waals surface area contributed by atoms with Gasteiger partial charge in [0, 0.05) is 18.3 Å². The Morgan fingerprint density at radius 3 is 2.88 bits per heavy atom. The number of ketones is 1. The van der Waals surface area contributed by atoms with Gasteiger partial charge in [-0.05, 0) is 18.6 Å². The SMILES string of the molecule is CCCn1nncc1C(=O)c1ccc(Cl)nc1. The standard InChI is InChI=1S/C11H11ClN4O/c1-2-5-16-9(7-14-15-16)11(17)8-3-4-10(12)13-6-8/h3-4,6-7H,2,5H2,1H3. The summed E-state index contributed by atoms with van der Waals surface area (Å²) in [5.74, 6) is -0.146. The number of pyridine rings is 1. The lowest BCUT2D eigenvalue weighted by Gasteiger charge is -2.03. The van der Waals surface area contributed by atoms with E-state index in [1.54, 1.807) is 16.8 Å². The van der Waals surface area contributed by atoms with Crippen LogP contribution in [-0.2, 0) is 6.54 Å². The van der Waals surface area contributed by atoms with Gasteiger partial charge in [0.1, 0.15) is 10.8 Å². The zero-order valence-electron chi connectivity index (χ0n) is 9.30. The van der Waals surface area contributed by atoms with Crippen LogP contribution in [-0.4, -0.2) is 25.8 Å². The van der Waals surface area contributed by atoms with Crippen molar-refractivity contribution in [2.75, 3.05) is 0 Å². The molecule has 0 N–H and O–H groups in total. The van der Waals surface area contributed by atoms with E-state index < -0.39 is 0 Å². The molecule has 0 bridgehead atoms. The molecule has 0 aliphatic rings. The molecule has 2 aromatic heterocycles. The lowest BCUT2D eigenvalue weighted by molar-refractivity contribution is 0.102. The zero-order valence-corrected chi connectivity index (χ0v) is 10.1. The molecule has 0 atom stereocenters. The predicted octanol–water partition coefficient (Wildman–Crippen LogP) is 1.97. The molecule has 0 spiro atoms. The summed E-state index contributed by atoms with van der Waals surface area (Å²) in [6, 6.07) is 3.23. The van der Waals surface area contributed by atoms with E-state index in [4.69, 9.17) is 11.6 Å². The van der Waals surface area contributed by atoms with Crippen molar-refractivity contribution in [3.63, 3.8) is 0 Å². The molecule has 0 fully saturated rings. The Bertz CT molecular complexity index is 521. The number of rotatable bonds is 4. The summed E-state index contributed by atoms with van der Waals surface area (Å²) in [6.45, 7) is 2.68. The van der Waals surface area contributed by atoms with E-state index in [2.05, 4.69) is 15.3 Å². The van der Waals surface area contributed by atoms with E-state index in [1.807, 2.05) is 6.92 Å². The van der Waals surface area contributed by atoms with Crippen LogP contribution in [0.1, 0.15) is 29.4 Å². The van der Waals surface area contributed by atoms with E-state index in [1.165, 1.54) is 12.4 Å². The Morgan fingerprint density at radius 1 is 1.41 bits per heavy atom. The maximum absolute atomic E-state index is 12.1. The van der Waals surface area contributed by atoms with Crippen molar-refractivity contribution in [3.05, 3.63) is 40.9 Å². The molecule has 6 heteroatoms. The first-order chi connectivity index (χ1) is 8.22. The minimum atomic E-state index is -0.146. The third kappa shape index (κ3) is 2.50. The van der Waals surface area contributed by atoms with E-state index in [0.717, 1.165) is 6.42 Å². The minimum Gasteiger partial charge on any atom is -0.287 e. The van der Waals surface area contributed by atoms with Gasteiger partial charge in [-0.1, -0.05) is 23.7 Å². The topological polar surface area (TPSA) is 60.7 Å². The smallest absolute Gasteiger partial charge is 0.214 e. The van der Waals surface area contributed by atoms with Crippen LogP contribution in [0.4, 0.5) is 0 Å². The molecule has 5 nitrogen and oxygen atoms in total. The number of halogens is 1. The summed E-state index contributed by atoms with van der Waals surface area (Å²) >= 11 is 5.67. The largest absolute Gasteiger partial charge is 0.287 e. The highest BCUT2D eigenvalue weighted by molar-refractivity contribution is 6.29. The van der Waals surface area contributed by atoms with Gasteiger partial charge in [0.15, 0.2) is 0 Å². The molecule has 2 rings (SSSR count). The van der Waals surface area contributed by atoms with Gasteiger partial charge in [-0.3, -0.25) is 4.79 Å². The van der Waals surface area contributed by atoms with Crippen molar-refractivity contribution < 1.29 is 4.79 Å². The Balaban J connectivity index is 2.30. The van der Waals surface area contributed by atoms with Crippen LogP contribution >= 0.6 is 11.6 Å². The molecule has 2 aromatic rings. The lowest BCUT2D eigenvalue weighted by Crippen LogP contribution is -2.11.